The zero-order valence-electron chi connectivity index (χ0n) is 8.44. The molecule has 84 valence electrons. The van der Waals surface area contributed by atoms with Gasteiger partial charge in [0.05, 0.1) is 11.9 Å². The molecule has 1 heterocycles. The van der Waals surface area contributed by atoms with Crippen LogP contribution in [-0.4, -0.2) is 69.3 Å². The molecular formula is C8H18N2O3S. The lowest BCUT2D eigenvalue weighted by Crippen LogP contribution is -2.47. The smallest absolute Gasteiger partial charge is 0.150 e. The highest BCUT2D eigenvalue weighted by Crippen LogP contribution is 1.98. The first-order valence-corrected chi connectivity index (χ1v) is 6.82. The number of β-amino-alcohol motifs (C(OH)–C–C–N with tert-alkyl or cyclic N) is 1. The van der Waals surface area contributed by atoms with Gasteiger partial charge in [-0.3, -0.25) is 4.90 Å². The molecular weight excluding hydrogens is 204 g/mol. The highest BCUT2D eigenvalue weighted by molar-refractivity contribution is 7.90. The molecule has 0 saturated carbocycles. The third kappa shape index (κ3) is 4.90. The Balaban J connectivity index is 2.28. The topological polar surface area (TPSA) is 69.6 Å². The van der Waals surface area contributed by atoms with E-state index in [2.05, 4.69) is 10.2 Å². The van der Waals surface area contributed by atoms with Crippen LogP contribution < -0.4 is 5.32 Å². The Morgan fingerprint density at radius 1 is 1.43 bits per heavy atom. The number of sulfone groups is 1. The summed E-state index contributed by atoms with van der Waals surface area (Å²) >= 11 is 0. The minimum atomic E-state index is -3.07. The Labute approximate surface area is 85.0 Å². The van der Waals surface area contributed by atoms with Crippen molar-refractivity contribution in [3.8, 4) is 0 Å². The van der Waals surface area contributed by atoms with Crippen LogP contribution >= 0.6 is 0 Å². The van der Waals surface area contributed by atoms with Gasteiger partial charge in [-0.2, -0.15) is 0 Å². The van der Waals surface area contributed by atoms with Crippen LogP contribution in [0.4, 0.5) is 0 Å². The van der Waals surface area contributed by atoms with Crippen LogP contribution in [0.25, 0.3) is 0 Å². The second-order valence-electron chi connectivity index (χ2n) is 3.80. The van der Waals surface area contributed by atoms with Crippen molar-refractivity contribution in [2.24, 2.45) is 0 Å². The van der Waals surface area contributed by atoms with Crippen molar-refractivity contribution < 1.29 is 13.5 Å². The molecule has 1 aliphatic rings. The Hall–Kier alpha value is -0.170. The molecule has 1 unspecified atom stereocenters. The number of piperazine rings is 1. The summed E-state index contributed by atoms with van der Waals surface area (Å²) in [7, 11) is -3.07. The maximum atomic E-state index is 10.9. The number of hydrogen-bond donors (Lipinski definition) is 2. The number of aliphatic hydroxyl groups is 1. The summed E-state index contributed by atoms with van der Waals surface area (Å²) < 4.78 is 21.8. The van der Waals surface area contributed by atoms with Gasteiger partial charge < -0.3 is 10.4 Å². The van der Waals surface area contributed by atoms with E-state index in [0.717, 1.165) is 32.4 Å². The normalized spacial score (nSPS) is 22.1. The first-order valence-electron chi connectivity index (χ1n) is 4.76. The third-order valence-electron chi connectivity index (χ3n) is 2.17. The molecule has 0 radical (unpaired) electrons. The van der Waals surface area contributed by atoms with E-state index in [1.807, 2.05) is 0 Å². The number of aliphatic hydroxyl groups excluding tert-OH is 1. The number of nitrogens with one attached hydrogen (secondary N) is 1. The quantitative estimate of drug-likeness (QED) is 0.593. The number of rotatable bonds is 4. The number of hydrogen-bond acceptors (Lipinski definition) is 5. The number of nitrogens with zero attached hydrogens (tertiary/aromatic N) is 1. The molecule has 6 heteroatoms. The average Bonchev–Trinajstić information content (AvgIpc) is 2.02. The Morgan fingerprint density at radius 2 is 2.00 bits per heavy atom. The lowest BCUT2D eigenvalue weighted by atomic mass is 10.3. The molecule has 1 saturated heterocycles. The molecule has 0 bridgehead atoms. The molecule has 1 rings (SSSR count). The molecule has 1 atom stereocenters. The van der Waals surface area contributed by atoms with Crippen molar-refractivity contribution in [1.82, 2.24) is 10.2 Å². The lowest BCUT2D eigenvalue weighted by molar-refractivity contribution is 0.120. The first-order chi connectivity index (χ1) is 6.47. The second kappa shape index (κ2) is 5.06. The molecule has 14 heavy (non-hydrogen) atoms. The molecule has 1 fully saturated rings. The summed E-state index contributed by atoms with van der Waals surface area (Å²) in [4.78, 5) is 2.08. The van der Waals surface area contributed by atoms with E-state index in [1.54, 1.807) is 0 Å². The zero-order valence-corrected chi connectivity index (χ0v) is 9.26. The molecule has 2 N–H and O–H groups in total. The van der Waals surface area contributed by atoms with Crippen LogP contribution in [-0.2, 0) is 9.84 Å². The van der Waals surface area contributed by atoms with Crippen LogP contribution in [0.2, 0.25) is 0 Å². The molecule has 0 aliphatic carbocycles. The van der Waals surface area contributed by atoms with Gasteiger partial charge in [0.2, 0.25) is 0 Å². The Morgan fingerprint density at radius 3 is 2.50 bits per heavy atom. The molecule has 0 aromatic carbocycles. The monoisotopic (exact) mass is 222 g/mol. The maximum absolute atomic E-state index is 10.9. The molecule has 0 amide bonds. The summed E-state index contributed by atoms with van der Waals surface area (Å²) in [6, 6.07) is 0. The SMILES string of the molecule is CS(=O)(=O)CC(O)CN1CCNCC1. The van der Waals surface area contributed by atoms with Crippen molar-refractivity contribution >= 4 is 9.84 Å². The first kappa shape index (κ1) is 11.9. The summed E-state index contributed by atoms with van der Waals surface area (Å²) in [5, 5.41) is 12.7. The van der Waals surface area contributed by atoms with Crippen molar-refractivity contribution in [2.45, 2.75) is 6.10 Å². The van der Waals surface area contributed by atoms with E-state index >= 15 is 0 Å². The van der Waals surface area contributed by atoms with Crippen LogP contribution in [0.1, 0.15) is 0 Å². The van der Waals surface area contributed by atoms with E-state index < -0.39 is 15.9 Å². The van der Waals surface area contributed by atoms with Gasteiger partial charge in [-0.05, 0) is 0 Å². The fourth-order valence-electron chi connectivity index (χ4n) is 1.59. The van der Waals surface area contributed by atoms with Gasteiger partial charge in [-0.15, -0.1) is 0 Å². The van der Waals surface area contributed by atoms with Crippen molar-refractivity contribution in [2.75, 3.05) is 44.7 Å². The van der Waals surface area contributed by atoms with Crippen LogP contribution in [0, 0.1) is 0 Å². The van der Waals surface area contributed by atoms with Gasteiger partial charge in [0.25, 0.3) is 0 Å². The summed E-state index contributed by atoms with van der Waals surface area (Å²) in [5.41, 5.74) is 0. The van der Waals surface area contributed by atoms with E-state index in [9.17, 15) is 13.5 Å². The highest BCUT2D eigenvalue weighted by Gasteiger charge is 2.17. The molecule has 1 aliphatic heterocycles. The predicted octanol–water partition coefficient (Wildman–Crippen LogP) is -1.70. The predicted molar refractivity (Wildman–Crippen MR) is 55.0 cm³/mol. The van der Waals surface area contributed by atoms with Gasteiger partial charge in [0, 0.05) is 39.0 Å². The molecule has 0 aromatic rings. The molecule has 5 nitrogen and oxygen atoms in total. The summed E-state index contributed by atoms with van der Waals surface area (Å²) in [5.74, 6) is -0.142. The Kier molecular flexibility index (Phi) is 4.31. The highest BCUT2D eigenvalue weighted by atomic mass is 32.2. The van der Waals surface area contributed by atoms with E-state index in [-0.39, 0.29) is 5.75 Å². The second-order valence-corrected chi connectivity index (χ2v) is 5.98. The standard InChI is InChI=1S/C8H18N2O3S/c1-14(12,13)7-8(11)6-10-4-2-9-3-5-10/h8-9,11H,2-7H2,1H3. The minimum absolute atomic E-state index is 0.142. The van der Waals surface area contributed by atoms with Crippen LogP contribution in [0.15, 0.2) is 0 Å². The maximum Gasteiger partial charge on any atom is 0.150 e. The van der Waals surface area contributed by atoms with Crippen molar-refractivity contribution in [3.63, 3.8) is 0 Å². The fourth-order valence-corrected chi connectivity index (χ4v) is 2.40. The fraction of sp³-hybridized carbons (Fsp3) is 1.00. The summed E-state index contributed by atoms with van der Waals surface area (Å²) in [6.07, 6.45) is 0.386. The van der Waals surface area contributed by atoms with Crippen molar-refractivity contribution in [1.29, 1.82) is 0 Å². The van der Waals surface area contributed by atoms with Crippen molar-refractivity contribution in [3.05, 3.63) is 0 Å². The zero-order chi connectivity index (χ0) is 10.6. The van der Waals surface area contributed by atoms with E-state index in [1.165, 1.54) is 0 Å². The average molecular weight is 222 g/mol. The van der Waals surface area contributed by atoms with Crippen LogP contribution in [0.5, 0.6) is 0 Å². The van der Waals surface area contributed by atoms with Crippen LogP contribution in [0.3, 0.4) is 0 Å². The van der Waals surface area contributed by atoms with Gasteiger partial charge >= 0.3 is 0 Å². The third-order valence-corrected chi connectivity index (χ3v) is 3.16. The largest absolute Gasteiger partial charge is 0.391 e. The molecule has 0 spiro atoms. The van der Waals surface area contributed by atoms with Gasteiger partial charge in [-0.25, -0.2) is 8.42 Å². The van der Waals surface area contributed by atoms with Gasteiger partial charge in [0.15, 0.2) is 0 Å². The minimum Gasteiger partial charge on any atom is -0.391 e. The van der Waals surface area contributed by atoms with E-state index in [0.29, 0.717) is 6.54 Å². The molecule has 0 aromatic heterocycles. The lowest BCUT2D eigenvalue weighted by Gasteiger charge is -2.28. The van der Waals surface area contributed by atoms with Gasteiger partial charge in [-0.1, -0.05) is 0 Å². The summed E-state index contributed by atoms with van der Waals surface area (Å²) in [6.45, 7) is 4.02. The van der Waals surface area contributed by atoms with E-state index in [4.69, 9.17) is 0 Å². The van der Waals surface area contributed by atoms with Gasteiger partial charge in [0.1, 0.15) is 9.84 Å². The Bertz CT molecular complexity index is 260.